The van der Waals surface area contributed by atoms with Crippen LogP contribution in [0.3, 0.4) is 0 Å². The van der Waals surface area contributed by atoms with Gasteiger partial charge < -0.3 is 4.52 Å². The molecule has 0 fully saturated rings. The lowest BCUT2D eigenvalue weighted by molar-refractivity contribution is 0.236. The van der Waals surface area contributed by atoms with Gasteiger partial charge >= 0.3 is 0 Å². The Bertz CT molecular complexity index is 472. The Labute approximate surface area is 136 Å². The highest BCUT2D eigenvalue weighted by molar-refractivity contribution is 7.68. The van der Waals surface area contributed by atoms with Crippen LogP contribution >= 0.6 is 8.15 Å². The standard InChI is InChI=1S/C20H27OP/c1-3-4-5-8-13-18(2)21-22(19-14-9-6-10-15-19)20-16-11-7-12-17-20/h6-7,9-12,14-18H,3-5,8,13H2,1-2H3. The molecular weight excluding hydrogens is 287 g/mol. The summed E-state index contributed by atoms with van der Waals surface area (Å²) in [5.74, 6) is 0. The van der Waals surface area contributed by atoms with Crippen molar-refractivity contribution >= 4 is 18.8 Å². The second-order valence-corrected chi connectivity index (χ2v) is 7.56. The number of rotatable bonds is 9. The molecule has 1 nitrogen and oxygen atoms in total. The monoisotopic (exact) mass is 314 g/mol. The Hall–Kier alpha value is -1.17. The first-order valence-electron chi connectivity index (χ1n) is 8.38. The molecule has 1 unspecified atom stereocenters. The van der Waals surface area contributed by atoms with Gasteiger partial charge in [0.1, 0.15) is 0 Å². The molecule has 1 atom stereocenters. The minimum absolute atomic E-state index is 0.309. The van der Waals surface area contributed by atoms with E-state index in [1.165, 1.54) is 36.3 Å². The van der Waals surface area contributed by atoms with E-state index in [1.807, 2.05) is 0 Å². The van der Waals surface area contributed by atoms with E-state index in [2.05, 4.69) is 74.5 Å². The maximum Gasteiger partial charge on any atom is 0.0921 e. The highest BCUT2D eigenvalue weighted by Gasteiger charge is 2.17. The maximum atomic E-state index is 6.47. The summed E-state index contributed by atoms with van der Waals surface area (Å²) in [7, 11) is -0.715. The number of unbranched alkanes of at least 4 members (excludes halogenated alkanes) is 3. The first kappa shape index (κ1) is 17.2. The summed E-state index contributed by atoms with van der Waals surface area (Å²) >= 11 is 0. The highest BCUT2D eigenvalue weighted by atomic mass is 31.1. The number of hydrogen-bond donors (Lipinski definition) is 0. The summed E-state index contributed by atoms with van der Waals surface area (Å²) in [6.07, 6.45) is 6.66. The first-order valence-corrected chi connectivity index (χ1v) is 9.64. The molecule has 118 valence electrons. The van der Waals surface area contributed by atoms with Crippen LogP contribution in [-0.4, -0.2) is 6.10 Å². The fourth-order valence-electron chi connectivity index (χ4n) is 2.49. The summed E-state index contributed by atoms with van der Waals surface area (Å²) in [6.45, 7) is 4.47. The van der Waals surface area contributed by atoms with E-state index in [9.17, 15) is 0 Å². The van der Waals surface area contributed by atoms with E-state index >= 15 is 0 Å². The normalized spacial score (nSPS) is 12.5. The molecule has 2 rings (SSSR count). The minimum atomic E-state index is -0.715. The van der Waals surface area contributed by atoms with E-state index in [0.29, 0.717) is 6.10 Å². The van der Waals surface area contributed by atoms with Gasteiger partial charge in [0, 0.05) is 10.6 Å². The largest absolute Gasteiger partial charge is 0.347 e. The van der Waals surface area contributed by atoms with Gasteiger partial charge in [0.2, 0.25) is 0 Å². The van der Waals surface area contributed by atoms with Gasteiger partial charge in [-0.2, -0.15) is 0 Å². The molecule has 2 heteroatoms. The van der Waals surface area contributed by atoms with Crippen molar-refractivity contribution in [2.24, 2.45) is 0 Å². The van der Waals surface area contributed by atoms with Crippen molar-refractivity contribution in [3.8, 4) is 0 Å². The Kier molecular flexibility index (Phi) is 7.63. The molecule has 0 amide bonds. The zero-order valence-electron chi connectivity index (χ0n) is 13.7. The van der Waals surface area contributed by atoms with Crippen LogP contribution in [0.4, 0.5) is 0 Å². The van der Waals surface area contributed by atoms with Crippen molar-refractivity contribution < 1.29 is 4.52 Å². The van der Waals surface area contributed by atoms with Crippen molar-refractivity contribution in [1.82, 2.24) is 0 Å². The van der Waals surface area contributed by atoms with Gasteiger partial charge in [-0.15, -0.1) is 0 Å². The second-order valence-electron chi connectivity index (χ2n) is 5.73. The van der Waals surface area contributed by atoms with Crippen LogP contribution in [-0.2, 0) is 4.52 Å². The van der Waals surface area contributed by atoms with E-state index in [0.717, 1.165) is 6.42 Å². The SMILES string of the molecule is CCCCCCC(C)OP(c1ccccc1)c1ccccc1. The zero-order chi connectivity index (χ0) is 15.6. The van der Waals surface area contributed by atoms with Gasteiger partial charge in [0.15, 0.2) is 0 Å². The van der Waals surface area contributed by atoms with Crippen LogP contribution < -0.4 is 10.6 Å². The van der Waals surface area contributed by atoms with Gasteiger partial charge in [0.25, 0.3) is 0 Å². The molecule has 0 aliphatic rings. The van der Waals surface area contributed by atoms with Crippen LogP contribution in [0.25, 0.3) is 0 Å². The molecule has 0 heterocycles. The lowest BCUT2D eigenvalue weighted by atomic mass is 10.1. The van der Waals surface area contributed by atoms with Gasteiger partial charge in [-0.3, -0.25) is 0 Å². The van der Waals surface area contributed by atoms with Crippen molar-refractivity contribution in [3.63, 3.8) is 0 Å². The summed E-state index contributed by atoms with van der Waals surface area (Å²) in [5, 5.41) is 2.59. The topological polar surface area (TPSA) is 9.23 Å². The summed E-state index contributed by atoms with van der Waals surface area (Å²) < 4.78 is 6.47. The molecule has 0 aliphatic heterocycles. The smallest absolute Gasteiger partial charge is 0.0921 e. The van der Waals surface area contributed by atoms with E-state index in [-0.39, 0.29) is 0 Å². The van der Waals surface area contributed by atoms with E-state index in [4.69, 9.17) is 4.52 Å². The van der Waals surface area contributed by atoms with E-state index in [1.54, 1.807) is 0 Å². The Morgan fingerprint density at radius 3 is 1.86 bits per heavy atom. The van der Waals surface area contributed by atoms with Gasteiger partial charge in [-0.05, 0) is 13.3 Å². The van der Waals surface area contributed by atoms with Crippen molar-refractivity contribution in [2.75, 3.05) is 0 Å². The number of hydrogen-bond acceptors (Lipinski definition) is 1. The third kappa shape index (κ3) is 5.55. The average molecular weight is 314 g/mol. The Morgan fingerprint density at radius 1 is 0.818 bits per heavy atom. The molecular formula is C20H27OP. The van der Waals surface area contributed by atoms with Gasteiger partial charge in [0.05, 0.1) is 14.3 Å². The Morgan fingerprint density at radius 2 is 1.36 bits per heavy atom. The first-order chi connectivity index (χ1) is 10.8. The molecule has 22 heavy (non-hydrogen) atoms. The van der Waals surface area contributed by atoms with Crippen molar-refractivity contribution in [2.45, 2.75) is 52.1 Å². The minimum Gasteiger partial charge on any atom is -0.347 e. The summed E-state index contributed by atoms with van der Waals surface area (Å²) in [6, 6.07) is 21.3. The van der Waals surface area contributed by atoms with Crippen molar-refractivity contribution in [1.29, 1.82) is 0 Å². The van der Waals surface area contributed by atoms with Crippen LogP contribution in [0.15, 0.2) is 60.7 Å². The quantitative estimate of drug-likeness (QED) is 0.444. The summed E-state index contributed by atoms with van der Waals surface area (Å²) in [5.41, 5.74) is 0. The molecule has 0 radical (unpaired) electrons. The molecule has 0 aromatic heterocycles. The Balaban J connectivity index is 2.03. The zero-order valence-corrected chi connectivity index (χ0v) is 14.6. The summed E-state index contributed by atoms with van der Waals surface area (Å²) in [4.78, 5) is 0. The van der Waals surface area contributed by atoms with Crippen LogP contribution in [0, 0.1) is 0 Å². The molecule has 2 aromatic carbocycles. The molecule has 0 aliphatic carbocycles. The molecule has 0 spiro atoms. The van der Waals surface area contributed by atoms with Crippen LogP contribution in [0.5, 0.6) is 0 Å². The molecule has 0 bridgehead atoms. The molecule has 0 N–H and O–H groups in total. The number of benzene rings is 2. The maximum absolute atomic E-state index is 6.47. The molecule has 2 aromatic rings. The lowest BCUT2D eigenvalue weighted by Gasteiger charge is -2.23. The predicted molar refractivity (Wildman–Crippen MR) is 98.4 cm³/mol. The third-order valence-corrected chi connectivity index (χ3v) is 5.84. The molecule has 0 saturated carbocycles. The molecule has 0 saturated heterocycles. The van der Waals surface area contributed by atoms with E-state index < -0.39 is 8.15 Å². The highest BCUT2D eigenvalue weighted by Crippen LogP contribution is 2.37. The second kappa shape index (κ2) is 9.77. The lowest BCUT2D eigenvalue weighted by Crippen LogP contribution is -2.17. The fourth-order valence-corrected chi connectivity index (χ4v) is 4.38. The van der Waals surface area contributed by atoms with Crippen LogP contribution in [0.1, 0.15) is 46.0 Å². The fraction of sp³-hybridized carbons (Fsp3) is 0.400. The van der Waals surface area contributed by atoms with Gasteiger partial charge in [-0.1, -0.05) is 93.3 Å². The van der Waals surface area contributed by atoms with Crippen LogP contribution in [0.2, 0.25) is 0 Å². The third-order valence-electron chi connectivity index (χ3n) is 3.73. The average Bonchev–Trinajstić information content (AvgIpc) is 2.58. The van der Waals surface area contributed by atoms with Crippen molar-refractivity contribution in [3.05, 3.63) is 60.7 Å². The predicted octanol–water partition coefficient (Wildman–Crippen LogP) is 5.41. The van der Waals surface area contributed by atoms with Gasteiger partial charge in [-0.25, -0.2) is 0 Å².